The number of rotatable bonds is 7. The Morgan fingerprint density at radius 1 is 1.19 bits per heavy atom. The van der Waals surface area contributed by atoms with Crippen LogP contribution in [0.3, 0.4) is 0 Å². The molecule has 0 fully saturated rings. The second kappa shape index (κ2) is 8.93. The average Bonchev–Trinajstić information content (AvgIpc) is 2.65. The standard InChI is InChI=1S/C18H22N2O7/c1-5-26-14(21)9-27-12-7-6-11(8-13(12)24-3)16-15(17(22)25-4)10(2)19-18(23)20-16/h6-8,16H,5,9H2,1-4H3,(H2,19,20,23)/t16-/m1/s1. The number of carbonyl (C=O) groups excluding carboxylic acids is 3. The first-order valence-electron chi connectivity index (χ1n) is 8.24. The van der Waals surface area contributed by atoms with Crippen LogP contribution in [0.4, 0.5) is 4.79 Å². The van der Waals surface area contributed by atoms with E-state index in [0.717, 1.165) is 0 Å². The maximum absolute atomic E-state index is 12.1. The minimum absolute atomic E-state index is 0.260. The van der Waals surface area contributed by atoms with Crippen molar-refractivity contribution in [3.05, 3.63) is 35.0 Å². The zero-order valence-electron chi connectivity index (χ0n) is 15.6. The first-order chi connectivity index (χ1) is 12.9. The van der Waals surface area contributed by atoms with Gasteiger partial charge in [0.25, 0.3) is 0 Å². The van der Waals surface area contributed by atoms with Gasteiger partial charge in [0.1, 0.15) is 0 Å². The summed E-state index contributed by atoms with van der Waals surface area (Å²) in [5.41, 5.74) is 1.27. The van der Waals surface area contributed by atoms with Gasteiger partial charge >= 0.3 is 18.0 Å². The van der Waals surface area contributed by atoms with Gasteiger partial charge in [-0.05, 0) is 31.5 Å². The fraction of sp³-hybridized carbons (Fsp3) is 0.389. The number of methoxy groups -OCH3 is 2. The van der Waals surface area contributed by atoms with Crippen molar-refractivity contribution >= 4 is 18.0 Å². The van der Waals surface area contributed by atoms with Crippen molar-refractivity contribution in [3.63, 3.8) is 0 Å². The van der Waals surface area contributed by atoms with Crippen molar-refractivity contribution in [2.75, 3.05) is 27.4 Å². The summed E-state index contributed by atoms with van der Waals surface area (Å²) in [4.78, 5) is 35.5. The third kappa shape index (κ3) is 4.69. The average molecular weight is 378 g/mol. The molecule has 2 N–H and O–H groups in total. The van der Waals surface area contributed by atoms with E-state index in [4.69, 9.17) is 18.9 Å². The number of hydrogen-bond donors (Lipinski definition) is 2. The predicted molar refractivity (Wildman–Crippen MR) is 94.2 cm³/mol. The molecule has 1 heterocycles. The summed E-state index contributed by atoms with van der Waals surface area (Å²) in [5, 5.41) is 5.24. The molecule has 0 saturated heterocycles. The Morgan fingerprint density at radius 3 is 2.56 bits per heavy atom. The first-order valence-corrected chi connectivity index (χ1v) is 8.24. The van der Waals surface area contributed by atoms with Crippen molar-refractivity contribution in [1.29, 1.82) is 0 Å². The predicted octanol–water partition coefficient (Wildman–Crippen LogP) is 1.44. The largest absolute Gasteiger partial charge is 0.493 e. The summed E-state index contributed by atoms with van der Waals surface area (Å²) in [7, 11) is 2.71. The number of esters is 2. The summed E-state index contributed by atoms with van der Waals surface area (Å²) in [6, 6.07) is 3.71. The lowest BCUT2D eigenvalue weighted by Crippen LogP contribution is -2.45. The highest BCUT2D eigenvalue weighted by molar-refractivity contribution is 5.95. The van der Waals surface area contributed by atoms with E-state index in [-0.39, 0.29) is 18.8 Å². The van der Waals surface area contributed by atoms with Gasteiger partial charge in [0.05, 0.1) is 32.4 Å². The van der Waals surface area contributed by atoms with Crippen molar-refractivity contribution in [2.45, 2.75) is 19.9 Å². The van der Waals surface area contributed by atoms with Gasteiger partial charge in [-0.25, -0.2) is 14.4 Å². The molecule has 1 aromatic carbocycles. The summed E-state index contributed by atoms with van der Waals surface area (Å²) in [6.45, 7) is 3.32. The molecular formula is C18H22N2O7. The molecule has 9 nitrogen and oxygen atoms in total. The van der Waals surface area contributed by atoms with Crippen molar-refractivity contribution in [1.82, 2.24) is 10.6 Å². The first kappa shape index (κ1) is 20.1. The van der Waals surface area contributed by atoms with Crippen LogP contribution >= 0.6 is 0 Å². The molecule has 0 aliphatic carbocycles. The summed E-state index contributed by atoms with van der Waals surface area (Å²) in [6.07, 6.45) is 0. The third-order valence-corrected chi connectivity index (χ3v) is 3.85. The fourth-order valence-corrected chi connectivity index (χ4v) is 2.65. The number of nitrogens with one attached hydrogen (secondary N) is 2. The van der Waals surface area contributed by atoms with Gasteiger partial charge in [-0.1, -0.05) is 6.07 Å². The van der Waals surface area contributed by atoms with E-state index in [1.54, 1.807) is 32.0 Å². The van der Waals surface area contributed by atoms with Crippen LogP contribution in [0.25, 0.3) is 0 Å². The molecule has 9 heteroatoms. The van der Waals surface area contributed by atoms with E-state index in [0.29, 0.717) is 22.8 Å². The van der Waals surface area contributed by atoms with Gasteiger partial charge < -0.3 is 29.6 Å². The molecule has 0 aromatic heterocycles. The highest BCUT2D eigenvalue weighted by Gasteiger charge is 2.32. The molecule has 0 radical (unpaired) electrons. The summed E-state index contributed by atoms with van der Waals surface area (Å²) >= 11 is 0. The topological polar surface area (TPSA) is 112 Å². The van der Waals surface area contributed by atoms with E-state index in [9.17, 15) is 14.4 Å². The number of urea groups is 1. The van der Waals surface area contributed by atoms with Crippen LogP contribution in [0.2, 0.25) is 0 Å². The molecule has 1 aliphatic heterocycles. The number of carbonyl (C=O) groups is 3. The lowest BCUT2D eigenvalue weighted by molar-refractivity contribution is -0.145. The lowest BCUT2D eigenvalue weighted by atomic mass is 9.95. The molecule has 0 bridgehead atoms. The van der Waals surface area contributed by atoms with E-state index in [1.807, 2.05) is 0 Å². The molecular weight excluding hydrogens is 356 g/mol. The van der Waals surface area contributed by atoms with E-state index >= 15 is 0 Å². The van der Waals surface area contributed by atoms with E-state index < -0.39 is 24.0 Å². The van der Waals surface area contributed by atoms with E-state index in [2.05, 4.69) is 10.6 Å². The van der Waals surface area contributed by atoms with Gasteiger partial charge in [-0.15, -0.1) is 0 Å². The molecule has 1 atom stereocenters. The number of ether oxygens (including phenoxy) is 4. The van der Waals surface area contributed by atoms with Crippen LogP contribution < -0.4 is 20.1 Å². The molecule has 2 amide bonds. The second-order valence-electron chi connectivity index (χ2n) is 5.57. The minimum Gasteiger partial charge on any atom is -0.493 e. The van der Waals surface area contributed by atoms with Crippen LogP contribution in [0.1, 0.15) is 25.5 Å². The van der Waals surface area contributed by atoms with Crippen LogP contribution in [-0.2, 0) is 19.1 Å². The monoisotopic (exact) mass is 378 g/mol. The molecule has 0 saturated carbocycles. The zero-order chi connectivity index (χ0) is 20.0. The fourth-order valence-electron chi connectivity index (χ4n) is 2.65. The van der Waals surface area contributed by atoms with Gasteiger partial charge in [-0.3, -0.25) is 0 Å². The highest BCUT2D eigenvalue weighted by atomic mass is 16.6. The van der Waals surface area contributed by atoms with Crippen molar-refractivity contribution in [2.24, 2.45) is 0 Å². The summed E-state index contributed by atoms with van der Waals surface area (Å²) < 4.78 is 20.4. The van der Waals surface area contributed by atoms with Crippen LogP contribution in [0, 0.1) is 0 Å². The lowest BCUT2D eigenvalue weighted by Gasteiger charge is -2.28. The van der Waals surface area contributed by atoms with Gasteiger partial charge in [0, 0.05) is 5.70 Å². The van der Waals surface area contributed by atoms with Gasteiger partial charge in [0.15, 0.2) is 18.1 Å². The van der Waals surface area contributed by atoms with Crippen molar-refractivity contribution in [3.8, 4) is 11.5 Å². The normalized spacial score (nSPS) is 16.1. The molecule has 27 heavy (non-hydrogen) atoms. The number of amides is 2. The Balaban J connectivity index is 2.32. The molecule has 0 unspecified atom stereocenters. The number of allylic oxidation sites excluding steroid dienone is 1. The van der Waals surface area contributed by atoms with Crippen LogP contribution in [-0.4, -0.2) is 45.4 Å². The quantitative estimate of drug-likeness (QED) is 0.690. The molecule has 146 valence electrons. The smallest absolute Gasteiger partial charge is 0.344 e. The molecule has 1 aromatic rings. The van der Waals surface area contributed by atoms with Crippen molar-refractivity contribution < 1.29 is 33.3 Å². The molecule has 1 aliphatic rings. The number of benzene rings is 1. The Morgan fingerprint density at radius 2 is 1.93 bits per heavy atom. The Hall–Kier alpha value is -3.23. The van der Waals surface area contributed by atoms with Crippen LogP contribution in [0.15, 0.2) is 29.5 Å². The molecule has 2 rings (SSSR count). The van der Waals surface area contributed by atoms with Gasteiger partial charge in [0.2, 0.25) is 0 Å². The Bertz CT molecular complexity index is 773. The van der Waals surface area contributed by atoms with Crippen LogP contribution in [0.5, 0.6) is 11.5 Å². The van der Waals surface area contributed by atoms with Gasteiger partial charge in [-0.2, -0.15) is 0 Å². The maximum Gasteiger partial charge on any atom is 0.344 e. The number of hydrogen-bond acceptors (Lipinski definition) is 7. The second-order valence-corrected chi connectivity index (χ2v) is 5.57. The highest BCUT2D eigenvalue weighted by Crippen LogP contribution is 2.34. The Labute approximate surface area is 156 Å². The third-order valence-electron chi connectivity index (χ3n) is 3.85. The SMILES string of the molecule is CCOC(=O)COc1ccc([C@H]2NC(=O)NC(C)=C2C(=O)OC)cc1OC. The molecule has 0 spiro atoms. The summed E-state index contributed by atoms with van der Waals surface area (Å²) in [5.74, 6) is -0.395. The zero-order valence-corrected chi connectivity index (χ0v) is 15.6. The van der Waals surface area contributed by atoms with E-state index in [1.165, 1.54) is 14.2 Å². The maximum atomic E-state index is 12.1. The minimum atomic E-state index is -0.723. The Kier molecular flexibility index (Phi) is 6.64.